The van der Waals surface area contributed by atoms with Gasteiger partial charge in [-0.15, -0.1) is 0 Å². The molecule has 0 atom stereocenters. The van der Waals surface area contributed by atoms with Crippen molar-refractivity contribution in [2.45, 2.75) is 20.0 Å². The van der Waals surface area contributed by atoms with Crippen LogP contribution in [0.15, 0.2) is 60.8 Å². The number of aromatic nitrogens is 2. The molecule has 0 unspecified atom stereocenters. The molecule has 3 nitrogen and oxygen atoms in total. The predicted molar refractivity (Wildman–Crippen MR) is 84.2 cm³/mol. The maximum atomic E-state index is 6.00. The molecule has 0 amide bonds. The van der Waals surface area contributed by atoms with Gasteiger partial charge in [0.05, 0.1) is 5.69 Å². The first-order chi connectivity index (χ1) is 10.4. The second kappa shape index (κ2) is 6.27. The van der Waals surface area contributed by atoms with Crippen LogP contribution in [0.25, 0.3) is 11.3 Å². The lowest BCUT2D eigenvalue weighted by Gasteiger charge is -2.12. The van der Waals surface area contributed by atoms with E-state index in [1.807, 2.05) is 30.3 Å². The zero-order chi connectivity index (χ0) is 14.5. The molecule has 1 heterocycles. The van der Waals surface area contributed by atoms with Gasteiger partial charge in [-0.1, -0.05) is 43.3 Å². The van der Waals surface area contributed by atoms with Crippen molar-refractivity contribution in [2.75, 3.05) is 0 Å². The van der Waals surface area contributed by atoms with E-state index in [9.17, 15) is 0 Å². The van der Waals surface area contributed by atoms with Gasteiger partial charge >= 0.3 is 0 Å². The second-order valence-corrected chi connectivity index (χ2v) is 4.93. The number of aromatic amines is 1. The molecule has 1 aromatic heterocycles. The van der Waals surface area contributed by atoms with Crippen LogP contribution >= 0.6 is 0 Å². The molecule has 3 rings (SSSR count). The molecule has 0 aliphatic carbocycles. The van der Waals surface area contributed by atoms with Crippen LogP contribution in [0, 0.1) is 0 Å². The van der Waals surface area contributed by atoms with E-state index in [1.54, 1.807) is 6.20 Å². The number of nitrogens with zero attached hydrogens (tertiary/aromatic N) is 1. The Morgan fingerprint density at radius 2 is 1.86 bits per heavy atom. The van der Waals surface area contributed by atoms with Gasteiger partial charge in [0.1, 0.15) is 12.4 Å². The molecule has 3 aromatic rings. The monoisotopic (exact) mass is 278 g/mol. The number of ether oxygens (including phenoxy) is 1. The molecular formula is C18H18N2O. The Labute approximate surface area is 124 Å². The van der Waals surface area contributed by atoms with E-state index >= 15 is 0 Å². The second-order valence-electron chi connectivity index (χ2n) is 4.93. The Bertz CT molecular complexity index is 691. The van der Waals surface area contributed by atoms with E-state index in [4.69, 9.17) is 4.74 Å². The van der Waals surface area contributed by atoms with E-state index in [2.05, 4.69) is 41.4 Å². The van der Waals surface area contributed by atoms with Crippen molar-refractivity contribution in [3.05, 3.63) is 71.9 Å². The lowest BCUT2D eigenvalue weighted by Crippen LogP contribution is -1.98. The van der Waals surface area contributed by atoms with Crippen LogP contribution in [0.2, 0.25) is 0 Å². The molecule has 106 valence electrons. The number of H-pyrrole nitrogens is 1. The molecular weight excluding hydrogens is 260 g/mol. The molecule has 3 heteroatoms. The van der Waals surface area contributed by atoms with Crippen LogP contribution in [0.5, 0.6) is 5.75 Å². The largest absolute Gasteiger partial charge is 0.488 e. The zero-order valence-electron chi connectivity index (χ0n) is 12.0. The summed E-state index contributed by atoms with van der Waals surface area (Å²) in [5, 5.41) is 7.05. The quantitative estimate of drug-likeness (QED) is 0.759. The van der Waals surface area contributed by atoms with E-state index in [0.717, 1.165) is 29.0 Å². The zero-order valence-corrected chi connectivity index (χ0v) is 12.0. The van der Waals surface area contributed by atoms with Crippen molar-refractivity contribution in [1.82, 2.24) is 10.2 Å². The predicted octanol–water partition coefficient (Wildman–Crippen LogP) is 4.22. The molecule has 2 aromatic carbocycles. The lowest BCUT2D eigenvalue weighted by atomic mass is 10.1. The maximum Gasteiger partial charge on any atom is 0.129 e. The first-order valence-electron chi connectivity index (χ1n) is 7.16. The Hall–Kier alpha value is -2.55. The van der Waals surface area contributed by atoms with E-state index in [1.165, 1.54) is 5.56 Å². The maximum absolute atomic E-state index is 6.00. The molecule has 0 saturated carbocycles. The summed E-state index contributed by atoms with van der Waals surface area (Å²) in [5.74, 6) is 0.875. The van der Waals surface area contributed by atoms with Gasteiger partial charge in [0, 0.05) is 11.8 Å². The topological polar surface area (TPSA) is 37.9 Å². The smallest absolute Gasteiger partial charge is 0.129 e. The van der Waals surface area contributed by atoms with Crippen molar-refractivity contribution < 1.29 is 4.74 Å². The molecule has 0 aliphatic heterocycles. The van der Waals surface area contributed by atoms with Crippen molar-refractivity contribution in [2.24, 2.45) is 0 Å². The molecule has 0 aliphatic rings. The molecule has 0 spiro atoms. The lowest BCUT2D eigenvalue weighted by molar-refractivity contribution is 0.307. The summed E-state index contributed by atoms with van der Waals surface area (Å²) >= 11 is 0. The van der Waals surface area contributed by atoms with Crippen LogP contribution in [-0.4, -0.2) is 10.2 Å². The molecule has 0 fully saturated rings. The van der Waals surface area contributed by atoms with Crippen molar-refractivity contribution in [1.29, 1.82) is 0 Å². The minimum Gasteiger partial charge on any atom is -0.488 e. The highest BCUT2D eigenvalue weighted by molar-refractivity contribution is 5.67. The van der Waals surface area contributed by atoms with Gasteiger partial charge in [-0.3, -0.25) is 5.10 Å². The summed E-state index contributed by atoms with van der Waals surface area (Å²) in [6, 6.07) is 18.5. The van der Waals surface area contributed by atoms with Crippen LogP contribution < -0.4 is 4.74 Å². The Morgan fingerprint density at radius 3 is 2.57 bits per heavy atom. The minimum absolute atomic E-state index is 0.563. The fraction of sp³-hybridized carbons (Fsp3) is 0.167. The molecule has 21 heavy (non-hydrogen) atoms. The van der Waals surface area contributed by atoms with Gasteiger partial charge in [0.25, 0.3) is 0 Å². The molecule has 1 N–H and O–H groups in total. The van der Waals surface area contributed by atoms with Gasteiger partial charge < -0.3 is 4.74 Å². The third-order valence-corrected chi connectivity index (χ3v) is 3.48. The average Bonchev–Trinajstić information content (AvgIpc) is 3.08. The summed E-state index contributed by atoms with van der Waals surface area (Å²) in [6.07, 6.45) is 2.76. The summed E-state index contributed by atoms with van der Waals surface area (Å²) < 4.78 is 6.00. The first-order valence-corrected chi connectivity index (χ1v) is 7.16. The average molecular weight is 278 g/mol. The number of hydrogen-bond donors (Lipinski definition) is 1. The number of benzene rings is 2. The summed E-state index contributed by atoms with van der Waals surface area (Å²) in [7, 11) is 0. The van der Waals surface area contributed by atoms with Crippen molar-refractivity contribution >= 4 is 0 Å². The van der Waals surface area contributed by atoms with Crippen LogP contribution in [0.4, 0.5) is 0 Å². The van der Waals surface area contributed by atoms with Gasteiger partial charge in [0.15, 0.2) is 0 Å². The van der Waals surface area contributed by atoms with Gasteiger partial charge in [-0.2, -0.15) is 5.10 Å². The summed E-state index contributed by atoms with van der Waals surface area (Å²) in [6.45, 7) is 2.71. The van der Waals surface area contributed by atoms with Crippen molar-refractivity contribution in [3.8, 4) is 17.0 Å². The van der Waals surface area contributed by atoms with Gasteiger partial charge in [-0.05, 0) is 35.7 Å². The third-order valence-electron chi connectivity index (χ3n) is 3.48. The number of rotatable bonds is 5. The van der Waals surface area contributed by atoms with Crippen LogP contribution in [0.3, 0.4) is 0 Å². The first kappa shape index (κ1) is 13.4. The number of nitrogens with one attached hydrogen (secondary N) is 1. The fourth-order valence-electron chi connectivity index (χ4n) is 2.27. The Kier molecular flexibility index (Phi) is 4.01. The minimum atomic E-state index is 0.563. The standard InChI is InChI=1S/C18H18N2O/c1-2-14-8-9-18(16(12-14)17-10-11-19-20-17)21-13-15-6-4-3-5-7-15/h3-12H,2,13H2,1H3,(H,19,20). The van der Waals surface area contributed by atoms with E-state index in [-0.39, 0.29) is 0 Å². The molecule has 0 saturated heterocycles. The fourth-order valence-corrected chi connectivity index (χ4v) is 2.27. The Morgan fingerprint density at radius 1 is 1.00 bits per heavy atom. The Balaban J connectivity index is 1.87. The van der Waals surface area contributed by atoms with E-state index < -0.39 is 0 Å². The van der Waals surface area contributed by atoms with Gasteiger partial charge in [-0.25, -0.2) is 0 Å². The molecule has 0 bridgehead atoms. The SMILES string of the molecule is CCc1ccc(OCc2ccccc2)c(-c2ccn[nH]2)c1. The van der Waals surface area contributed by atoms with E-state index in [0.29, 0.717) is 6.61 Å². The summed E-state index contributed by atoms with van der Waals surface area (Å²) in [4.78, 5) is 0. The highest BCUT2D eigenvalue weighted by Gasteiger charge is 2.09. The number of hydrogen-bond acceptors (Lipinski definition) is 2. The highest BCUT2D eigenvalue weighted by atomic mass is 16.5. The molecule has 0 radical (unpaired) electrons. The summed E-state index contributed by atoms with van der Waals surface area (Å²) in [5.41, 5.74) is 4.48. The highest BCUT2D eigenvalue weighted by Crippen LogP contribution is 2.30. The van der Waals surface area contributed by atoms with Crippen LogP contribution in [0.1, 0.15) is 18.1 Å². The van der Waals surface area contributed by atoms with Crippen molar-refractivity contribution in [3.63, 3.8) is 0 Å². The van der Waals surface area contributed by atoms with Gasteiger partial charge in [0.2, 0.25) is 0 Å². The van der Waals surface area contributed by atoms with Crippen LogP contribution in [-0.2, 0) is 13.0 Å². The normalized spacial score (nSPS) is 10.5. The number of aryl methyl sites for hydroxylation is 1. The third kappa shape index (κ3) is 3.14.